The average molecular weight is 428 g/mol. The number of benzene rings is 1. The zero-order chi connectivity index (χ0) is 22.7. The standard InChI is InChI=1S/C27H29N3O2/c1-4-22-21-14-18(3)17-27(22,23-11-12-25(31)30-24(23)16-21)29-13-7-9-19-8-6-10-20(15-19)26(32)28-5-2/h4,6-15,21H,5,16-17H2,1-3H3,(H,28,32)(H,30,31)/b9-7+,22-4+,29-13+. The second-order valence-corrected chi connectivity index (χ2v) is 8.44. The minimum Gasteiger partial charge on any atom is -0.352 e. The molecule has 0 fully saturated rings. The van der Waals surface area contributed by atoms with Crippen molar-refractivity contribution in [3.05, 3.63) is 98.5 Å². The van der Waals surface area contributed by atoms with Gasteiger partial charge in [-0.2, -0.15) is 0 Å². The number of hydrogen-bond acceptors (Lipinski definition) is 3. The van der Waals surface area contributed by atoms with Crippen LogP contribution < -0.4 is 10.9 Å². The fraction of sp³-hybridized carbons (Fsp3) is 0.296. The first kappa shape index (κ1) is 21.8. The molecule has 4 rings (SSSR count). The highest BCUT2D eigenvalue weighted by molar-refractivity contribution is 5.94. The van der Waals surface area contributed by atoms with E-state index >= 15 is 0 Å². The third kappa shape index (κ3) is 4.03. The molecule has 1 heterocycles. The van der Waals surface area contributed by atoms with E-state index in [-0.39, 0.29) is 17.4 Å². The largest absolute Gasteiger partial charge is 0.352 e. The summed E-state index contributed by atoms with van der Waals surface area (Å²) in [4.78, 5) is 32.2. The van der Waals surface area contributed by atoms with Gasteiger partial charge in [-0.25, -0.2) is 0 Å². The maximum atomic E-state index is 12.1. The van der Waals surface area contributed by atoms with Crippen LogP contribution in [0.25, 0.3) is 6.08 Å². The molecule has 0 radical (unpaired) electrons. The van der Waals surface area contributed by atoms with Gasteiger partial charge in [-0.05, 0) is 62.6 Å². The fourth-order valence-electron chi connectivity index (χ4n) is 5.02. The van der Waals surface area contributed by atoms with Gasteiger partial charge in [0.2, 0.25) is 5.56 Å². The molecule has 2 aromatic rings. The number of hydrogen-bond donors (Lipinski definition) is 2. The number of nitrogens with one attached hydrogen (secondary N) is 2. The van der Waals surface area contributed by atoms with E-state index in [0.717, 1.165) is 29.7 Å². The SMILES string of the molecule is C/C=C1\C2C=C(C)CC1(/N=C/C=C/c1cccc(C(=O)NCC)c1)c1ccc(=O)[nH]c1C2. The second-order valence-electron chi connectivity index (χ2n) is 8.44. The molecule has 5 nitrogen and oxygen atoms in total. The van der Waals surface area contributed by atoms with Crippen LogP contribution in [0, 0.1) is 5.92 Å². The van der Waals surface area contributed by atoms with Crippen molar-refractivity contribution < 1.29 is 4.79 Å². The molecule has 2 bridgehead atoms. The molecule has 2 atom stereocenters. The van der Waals surface area contributed by atoms with Crippen molar-refractivity contribution in [2.24, 2.45) is 10.9 Å². The van der Waals surface area contributed by atoms with E-state index in [1.54, 1.807) is 6.07 Å². The Bertz CT molecular complexity index is 1220. The Hall–Kier alpha value is -3.47. The smallest absolute Gasteiger partial charge is 0.251 e. The summed E-state index contributed by atoms with van der Waals surface area (Å²) >= 11 is 0. The van der Waals surface area contributed by atoms with Crippen LogP contribution in [0.4, 0.5) is 0 Å². The maximum Gasteiger partial charge on any atom is 0.251 e. The van der Waals surface area contributed by atoms with E-state index in [9.17, 15) is 9.59 Å². The Morgan fingerprint density at radius 1 is 1.31 bits per heavy atom. The van der Waals surface area contributed by atoms with Crippen LogP contribution in [-0.2, 0) is 12.0 Å². The highest BCUT2D eigenvalue weighted by Gasteiger charge is 2.46. The summed E-state index contributed by atoms with van der Waals surface area (Å²) in [6.45, 7) is 6.73. The molecule has 0 saturated carbocycles. The number of pyridine rings is 1. The molecular formula is C27H29N3O2. The van der Waals surface area contributed by atoms with Gasteiger partial charge in [0, 0.05) is 48.0 Å². The summed E-state index contributed by atoms with van der Waals surface area (Å²) in [6.07, 6.45) is 11.8. The van der Waals surface area contributed by atoms with Gasteiger partial charge in [0.05, 0.1) is 0 Å². The number of aromatic amines is 1. The van der Waals surface area contributed by atoms with E-state index < -0.39 is 5.54 Å². The van der Waals surface area contributed by atoms with Crippen LogP contribution in [0.15, 0.2) is 75.6 Å². The van der Waals surface area contributed by atoms with Gasteiger partial charge in [0.25, 0.3) is 5.91 Å². The van der Waals surface area contributed by atoms with Gasteiger partial charge in [0.15, 0.2) is 0 Å². The Labute approximate surface area is 188 Å². The molecule has 32 heavy (non-hydrogen) atoms. The van der Waals surface area contributed by atoms with Crippen LogP contribution in [0.1, 0.15) is 54.4 Å². The number of carbonyl (C=O) groups is 1. The molecule has 2 aliphatic rings. The van der Waals surface area contributed by atoms with E-state index in [2.05, 4.69) is 36.3 Å². The molecule has 0 saturated heterocycles. The zero-order valence-corrected chi connectivity index (χ0v) is 18.8. The molecule has 2 aliphatic carbocycles. The van der Waals surface area contributed by atoms with E-state index in [4.69, 9.17) is 4.99 Å². The number of aliphatic imine (C=N–C) groups is 1. The number of aromatic nitrogens is 1. The lowest BCUT2D eigenvalue weighted by molar-refractivity contribution is 0.0956. The highest BCUT2D eigenvalue weighted by Crippen LogP contribution is 2.51. The fourth-order valence-corrected chi connectivity index (χ4v) is 5.02. The molecule has 0 aliphatic heterocycles. The second kappa shape index (κ2) is 8.95. The van der Waals surface area contributed by atoms with Gasteiger partial charge in [-0.3, -0.25) is 14.6 Å². The Balaban J connectivity index is 1.68. The van der Waals surface area contributed by atoms with Crippen molar-refractivity contribution in [3.8, 4) is 0 Å². The normalized spacial score (nSPS) is 23.4. The first-order valence-electron chi connectivity index (χ1n) is 11.1. The third-order valence-corrected chi connectivity index (χ3v) is 6.23. The monoisotopic (exact) mass is 427 g/mol. The van der Waals surface area contributed by atoms with Crippen molar-refractivity contribution in [3.63, 3.8) is 0 Å². The first-order valence-corrected chi connectivity index (χ1v) is 11.1. The first-order chi connectivity index (χ1) is 15.5. The van der Waals surface area contributed by atoms with Crippen LogP contribution in [0.5, 0.6) is 0 Å². The van der Waals surface area contributed by atoms with Gasteiger partial charge < -0.3 is 10.3 Å². The number of fused-ring (bicyclic) bond motifs is 4. The number of carbonyl (C=O) groups excluding carboxylic acids is 1. The maximum absolute atomic E-state index is 12.1. The number of H-pyrrole nitrogens is 1. The summed E-state index contributed by atoms with van der Waals surface area (Å²) in [7, 11) is 0. The van der Waals surface area contributed by atoms with Crippen molar-refractivity contribution in [1.82, 2.24) is 10.3 Å². The van der Waals surface area contributed by atoms with E-state index in [1.807, 2.05) is 55.6 Å². The Morgan fingerprint density at radius 2 is 2.16 bits per heavy atom. The summed E-state index contributed by atoms with van der Waals surface area (Å²) in [6, 6.07) is 11.1. The lowest BCUT2D eigenvalue weighted by atomic mass is 9.63. The van der Waals surface area contributed by atoms with Crippen LogP contribution in [-0.4, -0.2) is 23.7 Å². The van der Waals surface area contributed by atoms with Crippen LogP contribution in [0.3, 0.4) is 0 Å². The molecule has 1 aromatic heterocycles. The van der Waals surface area contributed by atoms with Crippen LogP contribution >= 0.6 is 0 Å². The predicted octanol–water partition coefficient (Wildman–Crippen LogP) is 4.57. The zero-order valence-electron chi connectivity index (χ0n) is 18.8. The molecule has 1 amide bonds. The van der Waals surface area contributed by atoms with Gasteiger partial charge in [-0.1, -0.05) is 35.9 Å². The summed E-state index contributed by atoms with van der Waals surface area (Å²) in [5.41, 5.74) is 5.67. The number of nitrogens with zero attached hydrogens (tertiary/aromatic N) is 1. The highest BCUT2D eigenvalue weighted by atomic mass is 16.1. The average Bonchev–Trinajstić information content (AvgIpc) is 2.76. The molecule has 2 N–H and O–H groups in total. The van der Waals surface area contributed by atoms with Crippen molar-refractivity contribution in [2.75, 3.05) is 6.54 Å². The summed E-state index contributed by atoms with van der Waals surface area (Å²) in [5, 5.41) is 2.83. The lowest BCUT2D eigenvalue weighted by Gasteiger charge is -2.45. The number of amides is 1. The number of rotatable bonds is 5. The summed E-state index contributed by atoms with van der Waals surface area (Å²) < 4.78 is 0. The number of allylic oxidation sites excluding steroid dienone is 3. The van der Waals surface area contributed by atoms with Gasteiger partial charge in [0.1, 0.15) is 5.54 Å². The van der Waals surface area contributed by atoms with E-state index in [0.29, 0.717) is 12.1 Å². The predicted molar refractivity (Wildman–Crippen MR) is 130 cm³/mol. The molecule has 2 unspecified atom stereocenters. The summed E-state index contributed by atoms with van der Waals surface area (Å²) in [5.74, 6) is 0.172. The van der Waals surface area contributed by atoms with E-state index in [1.165, 1.54) is 11.1 Å². The Morgan fingerprint density at radius 3 is 2.94 bits per heavy atom. The molecule has 5 heteroatoms. The minimum atomic E-state index is -0.497. The van der Waals surface area contributed by atoms with Gasteiger partial charge >= 0.3 is 0 Å². The third-order valence-electron chi connectivity index (χ3n) is 6.23. The van der Waals surface area contributed by atoms with Crippen molar-refractivity contribution in [2.45, 2.75) is 39.2 Å². The minimum absolute atomic E-state index is 0.0718. The quantitative estimate of drug-likeness (QED) is 0.542. The topological polar surface area (TPSA) is 74.3 Å². The van der Waals surface area contributed by atoms with Gasteiger partial charge in [-0.15, -0.1) is 0 Å². The van der Waals surface area contributed by atoms with Crippen molar-refractivity contribution >= 4 is 18.2 Å². The lowest BCUT2D eigenvalue weighted by Crippen LogP contribution is -2.40. The molecule has 1 aromatic carbocycles. The molecule has 0 spiro atoms. The molecule has 164 valence electrons. The molecular weight excluding hydrogens is 398 g/mol. The van der Waals surface area contributed by atoms with Crippen molar-refractivity contribution in [1.29, 1.82) is 0 Å². The Kier molecular flexibility index (Phi) is 6.08. The van der Waals surface area contributed by atoms with Crippen LogP contribution in [0.2, 0.25) is 0 Å².